The fraction of sp³-hybridized carbons (Fsp3) is 0.438. The zero-order valence-corrected chi connectivity index (χ0v) is 13.1. The van der Waals surface area contributed by atoms with Gasteiger partial charge in [0.1, 0.15) is 5.54 Å². The fourth-order valence-corrected chi connectivity index (χ4v) is 2.98. The van der Waals surface area contributed by atoms with Crippen molar-refractivity contribution in [2.75, 3.05) is 13.2 Å². The molecule has 8 nitrogen and oxygen atoms in total. The van der Waals surface area contributed by atoms with Crippen molar-refractivity contribution in [3.05, 3.63) is 34.7 Å². The molecule has 0 atom stereocenters. The monoisotopic (exact) mass is 333 g/mol. The molecule has 1 aliphatic rings. The minimum atomic E-state index is -1.28. The van der Waals surface area contributed by atoms with Crippen molar-refractivity contribution in [2.45, 2.75) is 31.3 Å². The third-order valence-corrected chi connectivity index (χ3v) is 4.38. The molecule has 2 heterocycles. The van der Waals surface area contributed by atoms with Gasteiger partial charge in [0.25, 0.3) is 0 Å². The third kappa shape index (κ3) is 3.05. The van der Waals surface area contributed by atoms with Crippen molar-refractivity contribution < 1.29 is 19.4 Å². The standard InChI is InChI=1S/C16H19N3O5/c20-13(18-16(14(21)22)6-9-24-10-7-16)5-8-19-12-4-2-1-3-11(12)17-15(19)23/h1-4H,5-10H2,(H,17,23)(H,18,20)(H,21,22). The van der Waals surface area contributed by atoms with Crippen LogP contribution in [0.2, 0.25) is 0 Å². The number of amides is 1. The van der Waals surface area contributed by atoms with E-state index in [2.05, 4.69) is 10.3 Å². The van der Waals surface area contributed by atoms with Crippen LogP contribution in [-0.2, 0) is 20.9 Å². The average molecular weight is 333 g/mol. The maximum absolute atomic E-state index is 12.2. The predicted octanol–water partition coefficient (Wildman–Crippen LogP) is 0.470. The number of carboxylic acids is 1. The van der Waals surface area contributed by atoms with Crippen LogP contribution in [0.15, 0.2) is 29.1 Å². The number of fused-ring (bicyclic) bond motifs is 1. The number of rotatable bonds is 5. The summed E-state index contributed by atoms with van der Waals surface area (Å²) in [5, 5.41) is 12.1. The maximum Gasteiger partial charge on any atom is 0.329 e. The van der Waals surface area contributed by atoms with Crippen molar-refractivity contribution in [1.29, 1.82) is 0 Å². The first kappa shape index (κ1) is 16.3. The van der Waals surface area contributed by atoms with Gasteiger partial charge >= 0.3 is 11.7 Å². The van der Waals surface area contributed by atoms with E-state index in [1.54, 1.807) is 12.1 Å². The predicted molar refractivity (Wildman–Crippen MR) is 85.7 cm³/mol. The van der Waals surface area contributed by atoms with Gasteiger partial charge in [-0.15, -0.1) is 0 Å². The Balaban J connectivity index is 1.69. The van der Waals surface area contributed by atoms with Gasteiger partial charge in [0.2, 0.25) is 5.91 Å². The van der Waals surface area contributed by atoms with E-state index in [0.717, 1.165) is 0 Å². The number of imidazole rings is 1. The van der Waals surface area contributed by atoms with Crippen LogP contribution in [0, 0.1) is 0 Å². The van der Waals surface area contributed by atoms with E-state index in [1.165, 1.54) is 4.57 Å². The van der Waals surface area contributed by atoms with Gasteiger partial charge in [-0.25, -0.2) is 9.59 Å². The second kappa shape index (κ2) is 6.48. The molecule has 3 rings (SSSR count). The molecule has 1 aliphatic heterocycles. The van der Waals surface area contributed by atoms with Crippen molar-refractivity contribution in [1.82, 2.24) is 14.9 Å². The Hall–Kier alpha value is -2.61. The number of hydrogen-bond acceptors (Lipinski definition) is 4. The number of aromatic amines is 1. The first-order valence-corrected chi connectivity index (χ1v) is 7.81. The van der Waals surface area contributed by atoms with Gasteiger partial charge in [-0.3, -0.25) is 9.36 Å². The number of nitrogens with zero attached hydrogens (tertiary/aromatic N) is 1. The number of para-hydroxylation sites is 2. The molecular weight excluding hydrogens is 314 g/mol. The Labute approximate surface area is 137 Å². The lowest BCUT2D eigenvalue weighted by Gasteiger charge is -2.33. The van der Waals surface area contributed by atoms with E-state index in [1.807, 2.05) is 12.1 Å². The molecule has 0 bridgehead atoms. The van der Waals surface area contributed by atoms with Crippen LogP contribution in [0.1, 0.15) is 19.3 Å². The Morgan fingerprint density at radius 1 is 1.29 bits per heavy atom. The molecule has 0 spiro atoms. The minimum Gasteiger partial charge on any atom is -0.480 e. The molecule has 1 aromatic carbocycles. The van der Waals surface area contributed by atoms with Crippen LogP contribution >= 0.6 is 0 Å². The summed E-state index contributed by atoms with van der Waals surface area (Å²) in [6, 6.07) is 7.21. The van der Waals surface area contributed by atoms with Crippen LogP contribution in [0.4, 0.5) is 0 Å². The highest BCUT2D eigenvalue weighted by Crippen LogP contribution is 2.21. The quantitative estimate of drug-likeness (QED) is 0.736. The number of nitrogens with one attached hydrogen (secondary N) is 2. The van der Waals surface area contributed by atoms with Crippen molar-refractivity contribution in [3.63, 3.8) is 0 Å². The molecule has 0 aliphatic carbocycles. The molecule has 1 fully saturated rings. The van der Waals surface area contributed by atoms with Gasteiger partial charge in [0, 0.05) is 39.0 Å². The van der Waals surface area contributed by atoms with Gasteiger partial charge in [-0.05, 0) is 12.1 Å². The van der Waals surface area contributed by atoms with Crippen LogP contribution in [-0.4, -0.2) is 45.3 Å². The largest absolute Gasteiger partial charge is 0.480 e. The SMILES string of the molecule is O=C(CCn1c(=O)[nH]c2ccccc21)NC1(C(=O)O)CCOCC1. The summed E-state index contributed by atoms with van der Waals surface area (Å²) < 4.78 is 6.65. The van der Waals surface area contributed by atoms with E-state index < -0.39 is 17.4 Å². The molecule has 0 unspecified atom stereocenters. The second-order valence-corrected chi connectivity index (χ2v) is 5.90. The molecule has 1 saturated heterocycles. The van der Waals surface area contributed by atoms with Crippen LogP contribution in [0.5, 0.6) is 0 Å². The van der Waals surface area contributed by atoms with E-state index >= 15 is 0 Å². The lowest BCUT2D eigenvalue weighted by molar-refractivity contribution is -0.152. The Morgan fingerprint density at radius 3 is 2.71 bits per heavy atom. The summed E-state index contributed by atoms with van der Waals surface area (Å²) in [6.45, 7) is 0.782. The van der Waals surface area contributed by atoms with E-state index in [9.17, 15) is 19.5 Å². The zero-order valence-electron chi connectivity index (χ0n) is 13.1. The summed E-state index contributed by atoms with van der Waals surface area (Å²) >= 11 is 0. The van der Waals surface area contributed by atoms with E-state index in [4.69, 9.17) is 4.74 Å². The molecule has 1 aromatic heterocycles. The normalized spacial score (nSPS) is 16.8. The first-order chi connectivity index (χ1) is 11.5. The zero-order chi connectivity index (χ0) is 17.2. The number of ether oxygens (including phenoxy) is 1. The number of carbonyl (C=O) groups is 2. The highest BCUT2D eigenvalue weighted by Gasteiger charge is 2.41. The number of aryl methyl sites for hydroxylation is 1. The highest BCUT2D eigenvalue weighted by atomic mass is 16.5. The number of H-pyrrole nitrogens is 1. The van der Waals surface area contributed by atoms with Gasteiger partial charge in [-0.1, -0.05) is 12.1 Å². The lowest BCUT2D eigenvalue weighted by atomic mass is 9.90. The van der Waals surface area contributed by atoms with Crippen LogP contribution in [0.25, 0.3) is 11.0 Å². The molecule has 3 N–H and O–H groups in total. The number of hydrogen-bond donors (Lipinski definition) is 3. The number of carbonyl (C=O) groups excluding carboxylic acids is 1. The van der Waals surface area contributed by atoms with Crippen molar-refractivity contribution in [3.8, 4) is 0 Å². The molecular formula is C16H19N3O5. The average Bonchev–Trinajstić information content (AvgIpc) is 2.89. The van der Waals surface area contributed by atoms with Crippen molar-refractivity contribution >= 4 is 22.9 Å². The van der Waals surface area contributed by atoms with Gasteiger partial charge < -0.3 is 20.1 Å². The topological polar surface area (TPSA) is 113 Å². The number of aromatic nitrogens is 2. The molecule has 24 heavy (non-hydrogen) atoms. The van der Waals surface area contributed by atoms with Crippen LogP contribution < -0.4 is 11.0 Å². The van der Waals surface area contributed by atoms with E-state index in [0.29, 0.717) is 24.2 Å². The molecule has 8 heteroatoms. The fourth-order valence-electron chi connectivity index (χ4n) is 2.98. The summed E-state index contributed by atoms with van der Waals surface area (Å²) in [5.74, 6) is -1.44. The summed E-state index contributed by atoms with van der Waals surface area (Å²) in [5.41, 5.74) is -0.146. The first-order valence-electron chi connectivity index (χ1n) is 7.81. The number of carboxylic acid groups (broad SMARTS) is 1. The lowest BCUT2D eigenvalue weighted by Crippen LogP contribution is -2.57. The highest BCUT2D eigenvalue weighted by molar-refractivity contribution is 5.87. The maximum atomic E-state index is 12.2. The van der Waals surface area contributed by atoms with Gasteiger partial charge in [0.15, 0.2) is 0 Å². The Kier molecular flexibility index (Phi) is 4.39. The molecule has 2 aromatic rings. The second-order valence-electron chi connectivity index (χ2n) is 5.90. The summed E-state index contributed by atoms with van der Waals surface area (Å²) in [6.07, 6.45) is 0.500. The Morgan fingerprint density at radius 2 is 2.00 bits per heavy atom. The number of aliphatic carboxylic acids is 1. The minimum absolute atomic E-state index is 0.0254. The van der Waals surface area contributed by atoms with Crippen molar-refractivity contribution in [2.24, 2.45) is 0 Å². The smallest absolute Gasteiger partial charge is 0.329 e. The summed E-state index contributed by atoms with van der Waals surface area (Å²) in [7, 11) is 0. The Bertz CT molecular complexity index is 816. The van der Waals surface area contributed by atoms with E-state index in [-0.39, 0.29) is 31.5 Å². The summed E-state index contributed by atoms with van der Waals surface area (Å²) in [4.78, 5) is 38.5. The number of benzene rings is 1. The van der Waals surface area contributed by atoms with Crippen LogP contribution in [0.3, 0.4) is 0 Å². The molecule has 0 saturated carbocycles. The molecule has 1 amide bonds. The van der Waals surface area contributed by atoms with Gasteiger partial charge in [-0.2, -0.15) is 0 Å². The van der Waals surface area contributed by atoms with Gasteiger partial charge in [0.05, 0.1) is 11.0 Å². The molecule has 0 radical (unpaired) electrons. The third-order valence-electron chi connectivity index (χ3n) is 4.38. The molecule has 128 valence electrons.